The van der Waals surface area contributed by atoms with Gasteiger partial charge in [0, 0.05) is 17.8 Å². The fourth-order valence-electron chi connectivity index (χ4n) is 1.31. The van der Waals surface area contributed by atoms with Gasteiger partial charge < -0.3 is 5.32 Å². The van der Waals surface area contributed by atoms with E-state index in [0.717, 1.165) is 17.8 Å². The van der Waals surface area contributed by atoms with Crippen LogP contribution in [0.25, 0.3) is 0 Å². The van der Waals surface area contributed by atoms with Gasteiger partial charge in [-0.2, -0.15) is 11.8 Å². The Hall–Kier alpha value is 0.0500. The zero-order valence-corrected chi connectivity index (χ0v) is 8.21. The maximum absolute atomic E-state index is 3.87. The first-order valence-electron chi connectivity index (χ1n) is 4.19. The van der Waals surface area contributed by atoms with Crippen molar-refractivity contribution in [3.63, 3.8) is 0 Å². The van der Waals surface area contributed by atoms with E-state index in [4.69, 9.17) is 0 Å². The minimum Gasteiger partial charge on any atom is -0.309 e. The molecule has 0 radical (unpaired) electrons. The Kier molecular flexibility index (Phi) is 3.46. The molecule has 1 saturated heterocycles. The Balaban J connectivity index is 2.20. The van der Waals surface area contributed by atoms with Gasteiger partial charge in [0.15, 0.2) is 0 Å². The van der Waals surface area contributed by atoms with Crippen LogP contribution < -0.4 is 5.32 Å². The fraction of sp³-hybridized carbons (Fsp3) is 0.778. The molecule has 2 atom stereocenters. The summed E-state index contributed by atoms with van der Waals surface area (Å²) in [5.74, 6) is 1.31. The minimum absolute atomic E-state index is 0.719. The Morgan fingerprint density at radius 3 is 2.91 bits per heavy atom. The highest BCUT2D eigenvalue weighted by Gasteiger charge is 2.22. The van der Waals surface area contributed by atoms with Gasteiger partial charge in [-0.05, 0) is 19.1 Å². The molecular formula is C9H17NS. The smallest absolute Gasteiger partial charge is 0.0194 e. The Bertz CT molecular complexity index is 144. The standard InChI is InChI=1S/C9H17NS/c1-7(2)6-10-9-4-5-11-8(9)3/h8-10H,1,4-6H2,2-3H3. The molecule has 1 rings (SSSR count). The molecule has 64 valence electrons. The molecule has 0 bridgehead atoms. The molecule has 0 amide bonds. The molecule has 2 heteroatoms. The van der Waals surface area contributed by atoms with Crippen LogP contribution in [-0.2, 0) is 0 Å². The SMILES string of the molecule is C=C(C)CNC1CCSC1C. The van der Waals surface area contributed by atoms with E-state index in [1.165, 1.54) is 17.7 Å². The number of nitrogens with one attached hydrogen (secondary N) is 1. The van der Waals surface area contributed by atoms with Gasteiger partial charge in [0.05, 0.1) is 0 Å². The number of hydrogen-bond donors (Lipinski definition) is 1. The molecule has 1 aliphatic rings. The first kappa shape index (κ1) is 9.14. The van der Waals surface area contributed by atoms with Crippen molar-refractivity contribution in [3.8, 4) is 0 Å². The van der Waals surface area contributed by atoms with Crippen molar-refractivity contribution >= 4 is 11.8 Å². The van der Waals surface area contributed by atoms with Crippen molar-refractivity contribution in [1.82, 2.24) is 5.32 Å². The van der Waals surface area contributed by atoms with Crippen LogP contribution in [0.3, 0.4) is 0 Å². The molecule has 2 unspecified atom stereocenters. The molecule has 1 heterocycles. The quantitative estimate of drug-likeness (QED) is 0.652. The van der Waals surface area contributed by atoms with Crippen LogP contribution in [0, 0.1) is 0 Å². The summed E-state index contributed by atoms with van der Waals surface area (Å²) in [6.45, 7) is 9.22. The van der Waals surface area contributed by atoms with Gasteiger partial charge >= 0.3 is 0 Å². The third kappa shape index (κ3) is 2.88. The maximum atomic E-state index is 3.87. The number of rotatable bonds is 3. The zero-order chi connectivity index (χ0) is 8.27. The summed E-state index contributed by atoms with van der Waals surface area (Å²) in [5, 5.41) is 4.30. The van der Waals surface area contributed by atoms with Gasteiger partial charge in [-0.3, -0.25) is 0 Å². The molecule has 0 aromatic carbocycles. The molecule has 0 aliphatic carbocycles. The van der Waals surface area contributed by atoms with E-state index >= 15 is 0 Å². The lowest BCUT2D eigenvalue weighted by molar-refractivity contribution is 0.536. The van der Waals surface area contributed by atoms with E-state index in [9.17, 15) is 0 Å². The third-order valence-electron chi connectivity index (χ3n) is 2.04. The summed E-state index contributed by atoms with van der Waals surface area (Å²) < 4.78 is 0. The summed E-state index contributed by atoms with van der Waals surface area (Å²) in [7, 11) is 0. The monoisotopic (exact) mass is 171 g/mol. The van der Waals surface area contributed by atoms with E-state index in [2.05, 4.69) is 37.5 Å². The number of thioether (sulfide) groups is 1. The highest BCUT2D eigenvalue weighted by atomic mass is 32.2. The summed E-state index contributed by atoms with van der Waals surface area (Å²) in [6, 6.07) is 0.719. The number of hydrogen-bond acceptors (Lipinski definition) is 2. The molecule has 0 spiro atoms. The van der Waals surface area contributed by atoms with Crippen molar-refractivity contribution in [3.05, 3.63) is 12.2 Å². The largest absolute Gasteiger partial charge is 0.309 e. The molecule has 0 aromatic heterocycles. The van der Waals surface area contributed by atoms with Crippen LogP contribution in [0.15, 0.2) is 12.2 Å². The summed E-state index contributed by atoms with van der Waals surface area (Å²) >= 11 is 2.06. The van der Waals surface area contributed by atoms with E-state index in [1.54, 1.807) is 0 Å². The lowest BCUT2D eigenvalue weighted by Gasteiger charge is -2.15. The highest BCUT2D eigenvalue weighted by Crippen LogP contribution is 2.25. The third-order valence-corrected chi connectivity index (χ3v) is 3.37. The predicted molar refractivity (Wildman–Crippen MR) is 53.1 cm³/mol. The lowest BCUT2D eigenvalue weighted by atomic mass is 10.1. The van der Waals surface area contributed by atoms with Gasteiger partial charge in [-0.1, -0.05) is 19.1 Å². The Morgan fingerprint density at radius 2 is 2.45 bits per heavy atom. The topological polar surface area (TPSA) is 12.0 Å². The van der Waals surface area contributed by atoms with Crippen molar-refractivity contribution < 1.29 is 0 Å². The van der Waals surface area contributed by atoms with Crippen LogP contribution in [-0.4, -0.2) is 23.6 Å². The predicted octanol–water partition coefficient (Wildman–Crippen LogP) is 2.05. The summed E-state index contributed by atoms with van der Waals surface area (Å²) in [6.07, 6.45) is 1.32. The molecule has 1 aliphatic heterocycles. The maximum Gasteiger partial charge on any atom is 0.0194 e. The first-order chi connectivity index (χ1) is 5.20. The first-order valence-corrected chi connectivity index (χ1v) is 5.24. The van der Waals surface area contributed by atoms with Crippen LogP contribution in [0.2, 0.25) is 0 Å². The molecule has 1 nitrogen and oxygen atoms in total. The molecule has 1 N–H and O–H groups in total. The van der Waals surface area contributed by atoms with Gasteiger partial charge in [0.1, 0.15) is 0 Å². The second-order valence-corrected chi connectivity index (χ2v) is 4.79. The van der Waals surface area contributed by atoms with Crippen molar-refractivity contribution in [2.24, 2.45) is 0 Å². The summed E-state index contributed by atoms with van der Waals surface area (Å²) in [4.78, 5) is 0. The fourth-order valence-corrected chi connectivity index (χ4v) is 2.53. The van der Waals surface area contributed by atoms with Gasteiger partial charge in [0.2, 0.25) is 0 Å². The summed E-state index contributed by atoms with van der Waals surface area (Å²) in [5.41, 5.74) is 1.23. The van der Waals surface area contributed by atoms with Crippen LogP contribution in [0.4, 0.5) is 0 Å². The van der Waals surface area contributed by atoms with Crippen LogP contribution in [0.1, 0.15) is 20.3 Å². The van der Waals surface area contributed by atoms with E-state index in [1.807, 2.05) is 0 Å². The molecule has 11 heavy (non-hydrogen) atoms. The average molecular weight is 171 g/mol. The van der Waals surface area contributed by atoms with Crippen molar-refractivity contribution in [2.45, 2.75) is 31.6 Å². The minimum atomic E-state index is 0.719. The van der Waals surface area contributed by atoms with E-state index in [0.29, 0.717) is 0 Å². The lowest BCUT2D eigenvalue weighted by Crippen LogP contribution is -2.34. The van der Waals surface area contributed by atoms with Crippen molar-refractivity contribution in [1.29, 1.82) is 0 Å². The van der Waals surface area contributed by atoms with E-state index < -0.39 is 0 Å². The molecule has 0 aromatic rings. The Labute approximate surface area is 73.6 Å². The van der Waals surface area contributed by atoms with Gasteiger partial charge in [0.25, 0.3) is 0 Å². The van der Waals surface area contributed by atoms with Gasteiger partial charge in [-0.25, -0.2) is 0 Å². The zero-order valence-electron chi connectivity index (χ0n) is 7.39. The van der Waals surface area contributed by atoms with Crippen LogP contribution in [0.5, 0.6) is 0 Å². The van der Waals surface area contributed by atoms with E-state index in [-0.39, 0.29) is 0 Å². The van der Waals surface area contributed by atoms with Crippen LogP contribution >= 0.6 is 11.8 Å². The molecule has 0 saturated carbocycles. The normalized spacial score (nSPS) is 30.7. The average Bonchev–Trinajstić information content (AvgIpc) is 2.31. The van der Waals surface area contributed by atoms with Crippen molar-refractivity contribution in [2.75, 3.05) is 12.3 Å². The second-order valence-electron chi connectivity index (χ2n) is 3.31. The Morgan fingerprint density at radius 1 is 1.73 bits per heavy atom. The second kappa shape index (κ2) is 4.17. The van der Waals surface area contributed by atoms with Gasteiger partial charge in [-0.15, -0.1) is 0 Å². The highest BCUT2D eigenvalue weighted by molar-refractivity contribution is 8.00. The molecular weight excluding hydrogens is 154 g/mol. The molecule has 1 fully saturated rings.